The van der Waals surface area contributed by atoms with E-state index < -0.39 is 0 Å². The van der Waals surface area contributed by atoms with Crippen LogP contribution in [0.2, 0.25) is 0 Å². The van der Waals surface area contributed by atoms with Crippen LogP contribution in [0.15, 0.2) is 77.3 Å². The van der Waals surface area contributed by atoms with E-state index in [1.54, 1.807) is 12.1 Å². The zero-order valence-electron chi connectivity index (χ0n) is 22.8. The summed E-state index contributed by atoms with van der Waals surface area (Å²) in [6, 6.07) is 23.7. The Hall–Kier alpha value is -3.93. The van der Waals surface area contributed by atoms with Gasteiger partial charge in [0, 0.05) is 17.0 Å². The van der Waals surface area contributed by atoms with Crippen molar-refractivity contribution in [3.05, 3.63) is 95.4 Å². The molecule has 0 saturated heterocycles. The quantitative estimate of drug-likeness (QED) is 0.201. The first-order valence-electron chi connectivity index (χ1n) is 13.7. The average molecular weight is 527 g/mol. The molecule has 0 spiro atoms. The number of benzene rings is 3. The summed E-state index contributed by atoms with van der Waals surface area (Å²) in [5, 5.41) is 7.76. The lowest BCUT2D eigenvalue weighted by Crippen LogP contribution is -2.16. The van der Waals surface area contributed by atoms with Crippen molar-refractivity contribution in [3.63, 3.8) is 0 Å². The van der Waals surface area contributed by atoms with Gasteiger partial charge in [-0.2, -0.15) is 0 Å². The number of esters is 1. The van der Waals surface area contributed by atoms with Gasteiger partial charge in [-0.15, -0.1) is 0 Å². The van der Waals surface area contributed by atoms with Gasteiger partial charge < -0.3 is 14.6 Å². The lowest BCUT2D eigenvalue weighted by molar-refractivity contribution is -0.143. The maximum Gasteiger partial charge on any atom is 0.306 e. The molecule has 1 aliphatic rings. The van der Waals surface area contributed by atoms with Crippen LogP contribution in [-0.2, 0) is 21.4 Å². The SMILES string of the molecule is CCOC(=O)CC1(c2ccc(-c3ccc(-c4onc(C)c4NC(C)CCc4cccc(F)c4)cc3)cc2)CC1. The number of ether oxygens (including phenoxy) is 1. The van der Waals surface area contributed by atoms with E-state index in [0.717, 1.165) is 59.3 Å². The molecule has 5 rings (SSSR count). The molecule has 0 bridgehead atoms. The summed E-state index contributed by atoms with van der Waals surface area (Å²) in [7, 11) is 0. The maximum absolute atomic E-state index is 13.5. The Morgan fingerprint density at radius 1 is 1.05 bits per heavy atom. The molecule has 1 unspecified atom stereocenters. The van der Waals surface area contributed by atoms with Crippen molar-refractivity contribution < 1.29 is 18.4 Å². The van der Waals surface area contributed by atoms with Crippen LogP contribution in [0, 0.1) is 12.7 Å². The molecule has 0 amide bonds. The number of aryl methyl sites for hydroxylation is 2. The summed E-state index contributed by atoms with van der Waals surface area (Å²) in [6.07, 6.45) is 4.13. The summed E-state index contributed by atoms with van der Waals surface area (Å²) in [5.41, 5.74) is 6.99. The van der Waals surface area contributed by atoms with Crippen LogP contribution in [0.4, 0.5) is 10.1 Å². The third-order valence-electron chi connectivity index (χ3n) is 7.63. The van der Waals surface area contributed by atoms with E-state index in [2.05, 4.69) is 65.9 Å². The normalized spacial score (nSPS) is 14.6. The summed E-state index contributed by atoms with van der Waals surface area (Å²) < 4.78 is 24.4. The predicted molar refractivity (Wildman–Crippen MR) is 152 cm³/mol. The molecular formula is C33H35FN2O3. The molecule has 3 aromatic carbocycles. The van der Waals surface area contributed by atoms with Crippen LogP contribution in [0.25, 0.3) is 22.5 Å². The zero-order valence-corrected chi connectivity index (χ0v) is 22.8. The second-order valence-electron chi connectivity index (χ2n) is 10.6. The highest BCUT2D eigenvalue weighted by Gasteiger charge is 2.46. The first-order valence-corrected chi connectivity index (χ1v) is 13.7. The van der Waals surface area contributed by atoms with E-state index in [1.807, 2.05) is 19.9 Å². The number of carbonyl (C=O) groups excluding carboxylic acids is 1. The molecule has 1 N–H and O–H groups in total. The highest BCUT2D eigenvalue weighted by Crippen LogP contribution is 2.51. The van der Waals surface area contributed by atoms with Gasteiger partial charge in [0.25, 0.3) is 0 Å². The fourth-order valence-corrected chi connectivity index (χ4v) is 5.17. The van der Waals surface area contributed by atoms with Gasteiger partial charge in [0.05, 0.1) is 13.0 Å². The second kappa shape index (κ2) is 11.4. The molecule has 1 atom stereocenters. The van der Waals surface area contributed by atoms with Gasteiger partial charge in [-0.25, -0.2) is 4.39 Å². The van der Waals surface area contributed by atoms with E-state index in [-0.39, 0.29) is 23.2 Å². The van der Waals surface area contributed by atoms with Crippen molar-refractivity contribution in [1.82, 2.24) is 5.16 Å². The van der Waals surface area contributed by atoms with Gasteiger partial charge in [-0.1, -0.05) is 65.8 Å². The van der Waals surface area contributed by atoms with Crippen molar-refractivity contribution in [2.75, 3.05) is 11.9 Å². The van der Waals surface area contributed by atoms with Gasteiger partial charge in [-0.3, -0.25) is 4.79 Å². The Morgan fingerprint density at radius 3 is 2.36 bits per heavy atom. The topological polar surface area (TPSA) is 64.4 Å². The van der Waals surface area contributed by atoms with Gasteiger partial charge in [0.15, 0.2) is 5.76 Å². The van der Waals surface area contributed by atoms with E-state index >= 15 is 0 Å². The Balaban J connectivity index is 1.25. The Kier molecular flexibility index (Phi) is 7.82. The molecule has 1 aromatic heterocycles. The Morgan fingerprint density at radius 2 is 1.72 bits per heavy atom. The van der Waals surface area contributed by atoms with E-state index in [9.17, 15) is 9.18 Å². The molecule has 1 aliphatic carbocycles. The summed E-state index contributed by atoms with van der Waals surface area (Å²) in [5.74, 6) is 0.388. The van der Waals surface area contributed by atoms with Crippen molar-refractivity contribution in [3.8, 4) is 22.5 Å². The maximum atomic E-state index is 13.5. The first-order chi connectivity index (χ1) is 18.9. The van der Waals surface area contributed by atoms with Gasteiger partial charge in [0.2, 0.25) is 0 Å². The first kappa shape index (κ1) is 26.7. The van der Waals surface area contributed by atoms with Crippen LogP contribution in [0.5, 0.6) is 0 Å². The largest absolute Gasteiger partial charge is 0.466 e. The molecule has 6 heteroatoms. The second-order valence-corrected chi connectivity index (χ2v) is 10.6. The number of carbonyl (C=O) groups is 1. The number of nitrogens with one attached hydrogen (secondary N) is 1. The molecule has 0 aliphatic heterocycles. The molecule has 4 aromatic rings. The summed E-state index contributed by atoms with van der Waals surface area (Å²) >= 11 is 0. The molecule has 5 nitrogen and oxygen atoms in total. The lowest BCUT2D eigenvalue weighted by Gasteiger charge is -2.16. The monoisotopic (exact) mass is 526 g/mol. The van der Waals surface area contributed by atoms with E-state index in [4.69, 9.17) is 9.26 Å². The number of aromatic nitrogens is 1. The molecule has 1 heterocycles. The number of hydrogen-bond donors (Lipinski definition) is 1. The van der Waals surface area contributed by atoms with Crippen LogP contribution >= 0.6 is 0 Å². The minimum Gasteiger partial charge on any atom is -0.466 e. The fraction of sp³-hybridized carbons (Fsp3) is 0.333. The number of rotatable bonds is 11. The third kappa shape index (κ3) is 6.22. The molecular weight excluding hydrogens is 491 g/mol. The van der Waals surface area contributed by atoms with Gasteiger partial charge in [0.1, 0.15) is 17.2 Å². The van der Waals surface area contributed by atoms with Crippen molar-refractivity contribution in [1.29, 1.82) is 0 Å². The van der Waals surface area contributed by atoms with Crippen molar-refractivity contribution in [2.45, 2.75) is 64.3 Å². The standard InChI is InChI=1S/C33H35FN2O3/c1-4-38-30(37)21-33(18-19-33)28-16-14-26(15-17-28)25-10-12-27(13-11-25)32-31(23(3)36-39-32)35-22(2)8-9-24-6-5-7-29(34)20-24/h5-7,10-17,20,22,35H,4,8-9,18-19,21H2,1-3H3. The van der Waals surface area contributed by atoms with Crippen LogP contribution in [0.3, 0.4) is 0 Å². The number of anilines is 1. The van der Waals surface area contributed by atoms with Crippen molar-refractivity contribution >= 4 is 11.7 Å². The van der Waals surface area contributed by atoms with Crippen LogP contribution in [-0.4, -0.2) is 23.8 Å². The van der Waals surface area contributed by atoms with E-state index in [0.29, 0.717) is 18.8 Å². The molecule has 39 heavy (non-hydrogen) atoms. The lowest BCUT2D eigenvalue weighted by atomic mass is 9.91. The summed E-state index contributed by atoms with van der Waals surface area (Å²) in [4.78, 5) is 12.0. The Bertz CT molecular complexity index is 1420. The minimum absolute atomic E-state index is 0.0589. The average Bonchev–Trinajstić information content (AvgIpc) is 3.63. The summed E-state index contributed by atoms with van der Waals surface area (Å²) in [6.45, 7) is 6.31. The molecule has 1 saturated carbocycles. The van der Waals surface area contributed by atoms with E-state index in [1.165, 1.54) is 11.6 Å². The molecule has 202 valence electrons. The third-order valence-corrected chi connectivity index (χ3v) is 7.63. The highest BCUT2D eigenvalue weighted by atomic mass is 19.1. The van der Waals surface area contributed by atoms with Gasteiger partial charge in [-0.05, 0) is 80.8 Å². The smallest absolute Gasteiger partial charge is 0.306 e. The van der Waals surface area contributed by atoms with Crippen molar-refractivity contribution in [2.24, 2.45) is 0 Å². The molecule has 0 radical (unpaired) electrons. The zero-order chi connectivity index (χ0) is 27.4. The van der Waals surface area contributed by atoms with Gasteiger partial charge >= 0.3 is 5.97 Å². The predicted octanol–water partition coefficient (Wildman–Crippen LogP) is 7.87. The minimum atomic E-state index is -0.203. The molecule has 1 fully saturated rings. The van der Waals surface area contributed by atoms with Crippen LogP contribution in [0.1, 0.15) is 56.4 Å². The number of halogens is 1. The number of nitrogens with zero attached hydrogens (tertiary/aromatic N) is 1. The fourth-order valence-electron chi connectivity index (χ4n) is 5.17. The van der Waals surface area contributed by atoms with Crippen LogP contribution < -0.4 is 5.32 Å². The Labute approximate surface area is 229 Å². The highest BCUT2D eigenvalue weighted by molar-refractivity contribution is 5.77. The number of hydrogen-bond acceptors (Lipinski definition) is 5.